The van der Waals surface area contributed by atoms with Gasteiger partial charge in [0.2, 0.25) is 0 Å². The van der Waals surface area contributed by atoms with Gasteiger partial charge >= 0.3 is 0 Å². The summed E-state index contributed by atoms with van der Waals surface area (Å²) in [5.74, 6) is 1.69. The average molecular weight is 360 g/mol. The minimum absolute atomic E-state index is 0.248. The Labute approximate surface area is 148 Å². The second-order valence-electron chi connectivity index (χ2n) is 6.44. The van der Waals surface area contributed by atoms with E-state index in [4.69, 9.17) is 10.7 Å². The summed E-state index contributed by atoms with van der Waals surface area (Å²) in [7, 11) is -2.88. The van der Waals surface area contributed by atoms with Gasteiger partial charge in [0, 0.05) is 30.4 Å². The molecule has 134 valence electrons. The van der Waals surface area contributed by atoms with Gasteiger partial charge in [0.1, 0.15) is 21.2 Å². The predicted molar refractivity (Wildman–Crippen MR) is 102 cm³/mol. The molecule has 6 nitrogen and oxygen atoms in total. The number of nitrogens with zero attached hydrogens (tertiary/aromatic N) is 3. The number of rotatable bonds is 7. The highest BCUT2D eigenvalue weighted by Crippen LogP contribution is 2.29. The van der Waals surface area contributed by atoms with Crippen LogP contribution in [-0.4, -0.2) is 35.0 Å². The lowest BCUT2D eigenvalue weighted by molar-refractivity contribution is 0.578. The topological polar surface area (TPSA) is 90.9 Å². The van der Waals surface area contributed by atoms with Gasteiger partial charge in [0.05, 0.1) is 11.0 Å². The Balaban J connectivity index is 1.93. The zero-order valence-corrected chi connectivity index (χ0v) is 15.5. The monoisotopic (exact) mass is 360 g/mol. The Hall–Kier alpha value is -2.15. The molecule has 1 aromatic carbocycles. The number of para-hydroxylation sites is 1. The molecular formula is C18H24N4O2S. The van der Waals surface area contributed by atoms with E-state index < -0.39 is 9.84 Å². The van der Waals surface area contributed by atoms with Crippen LogP contribution in [0.4, 0.5) is 5.82 Å². The Kier molecular flexibility index (Phi) is 4.94. The van der Waals surface area contributed by atoms with Crippen molar-refractivity contribution in [1.29, 1.82) is 0 Å². The van der Waals surface area contributed by atoms with Crippen molar-refractivity contribution in [2.45, 2.75) is 39.2 Å². The van der Waals surface area contributed by atoms with E-state index in [2.05, 4.69) is 16.5 Å². The summed E-state index contributed by atoms with van der Waals surface area (Å²) in [4.78, 5) is 9.16. The second kappa shape index (κ2) is 7.00. The van der Waals surface area contributed by atoms with Crippen LogP contribution < -0.4 is 5.73 Å². The van der Waals surface area contributed by atoms with E-state index in [-0.39, 0.29) is 5.75 Å². The van der Waals surface area contributed by atoms with Gasteiger partial charge in [-0.2, -0.15) is 0 Å². The fraction of sp³-hybridized carbons (Fsp3) is 0.444. The Morgan fingerprint density at radius 3 is 2.60 bits per heavy atom. The minimum Gasteiger partial charge on any atom is -0.382 e. The molecule has 0 spiro atoms. The van der Waals surface area contributed by atoms with Gasteiger partial charge in [-0.3, -0.25) is 0 Å². The lowest BCUT2D eigenvalue weighted by Gasteiger charge is -2.10. The maximum absolute atomic E-state index is 11.2. The summed E-state index contributed by atoms with van der Waals surface area (Å²) >= 11 is 0. The Bertz CT molecular complexity index is 1010. The molecule has 0 bridgehead atoms. The third-order valence-electron chi connectivity index (χ3n) is 4.40. The molecule has 0 saturated carbocycles. The number of hydrogen-bond acceptors (Lipinski definition) is 5. The Morgan fingerprint density at radius 2 is 1.88 bits per heavy atom. The van der Waals surface area contributed by atoms with Crippen LogP contribution in [0.5, 0.6) is 0 Å². The highest BCUT2D eigenvalue weighted by molar-refractivity contribution is 7.90. The van der Waals surface area contributed by atoms with Gasteiger partial charge in [-0.1, -0.05) is 31.5 Å². The fourth-order valence-electron chi connectivity index (χ4n) is 3.23. The first kappa shape index (κ1) is 17.7. The summed E-state index contributed by atoms with van der Waals surface area (Å²) in [5.41, 5.74) is 8.79. The van der Waals surface area contributed by atoms with E-state index in [0.29, 0.717) is 12.2 Å². The number of aryl methyl sites for hydroxylation is 2. The van der Waals surface area contributed by atoms with Gasteiger partial charge in [-0.05, 0) is 18.9 Å². The van der Waals surface area contributed by atoms with Gasteiger partial charge < -0.3 is 10.3 Å². The van der Waals surface area contributed by atoms with Crippen molar-refractivity contribution in [3.63, 3.8) is 0 Å². The van der Waals surface area contributed by atoms with Gasteiger partial charge in [0.25, 0.3) is 0 Å². The molecule has 2 N–H and O–H groups in total. The maximum Gasteiger partial charge on any atom is 0.152 e. The summed E-state index contributed by atoms with van der Waals surface area (Å²) in [6, 6.07) is 7.95. The van der Waals surface area contributed by atoms with E-state index in [1.165, 1.54) is 6.26 Å². The van der Waals surface area contributed by atoms with E-state index in [0.717, 1.165) is 53.6 Å². The molecule has 25 heavy (non-hydrogen) atoms. The first-order valence-corrected chi connectivity index (χ1v) is 10.7. The second-order valence-corrected chi connectivity index (χ2v) is 8.69. The lowest BCUT2D eigenvalue weighted by Crippen LogP contribution is -2.06. The third-order valence-corrected chi connectivity index (χ3v) is 5.43. The number of benzene rings is 1. The van der Waals surface area contributed by atoms with E-state index in [9.17, 15) is 8.42 Å². The van der Waals surface area contributed by atoms with Crippen molar-refractivity contribution >= 4 is 37.6 Å². The molecule has 0 saturated heterocycles. The normalized spacial score (nSPS) is 12.2. The predicted octanol–water partition coefficient (Wildman–Crippen LogP) is 2.94. The zero-order valence-electron chi connectivity index (χ0n) is 14.7. The summed E-state index contributed by atoms with van der Waals surface area (Å²) in [5, 5.41) is 1.05. The van der Waals surface area contributed by atoms with Crippen LogP contribution >= 0.6 is 0 Å². The molecule has 0 unspecified atom stereocenters. The zero-order chi connectivity index (χ0) is 18.0. The number of pyridine rings is 1. The SMILES string of the molecule is CCc1nc2c(N)nc3ccccc3c2n1CCCCCS(C)(=O)=O. The number of imidazole rings is 1. The van der Waals surface area contributed by atoms with Crippen molar-refractivity contribution in [2.75, 3.05) is 17.7 Å². The molecule has 2 heterocycles. The van der Waals surface area contributed by atoms with Crippen LogP contribution in [0.1, 0.15) is 32.0 Å². The summed E-state index contributed by atoms with van der Waals surface area (Å²) < 4.78 is 24.7. The highest BCUT2D eigenvalue weighted by Gasteiger charge is 2.16. The van der Waals surface area contributed by atoms with Gasteiger partial charge in [0.15, 0.2) is 5.82 Å². The van der Waals surface area contributed by atoms with Crippen LogP contribution in [-0.2, 0) is 22.8 Å². The maximum atomic E-state index is 11.2. The first-order chi connectivity index (χ1) is 11.9. The number of nitrogen functional groups attached to an aromatic ring is 1. The van der Waals surface area contributed by atoms with Crippen molar-refractivity contribution < 1.29 is 8.42 Å². The van der Waals surface area contributed by atoms with Gasteiger partial charge in [-0.15, -0.1) is 0 Å². The van der Waals surface area contributed by atoms with Crippen molar-refractivity contribution in [2.24, 2.45) is 0 Å². The summed E-state index contributed by atoms with van der Waals surface area (Å²) in [6.07, 6.45) is 4.57. The number of hydrogen-bond donors (Lipinski definition) is 1. The lowest BCUT2D eigenvalue weighted by atomic mass is 10.2. The first-order valence-electron chi connectivity index (χ1n) is 8.61. The molecule has 0 amide bonds. The molecule has 0 radical (unpaired) electrons. The molecule has 0 aliphatic heterocycles. The van der Waals surface area contributed by atoms with E-state index in [1.807, 2.05) is 24.3 Å². The van der Waals surface area contributed by atoms with Crippen LogP contribution in [0.2, 0.25) is 0 Å². The number of fused-ring (bicyclic) bond motifs is 3. The largest absolute Gasteiger partial charge is 0.382 e. The van der Waals surface area contributed by atoms with Crippen LogP contribution in [0.3, 0.4) is 0 Å². The van der Waals surface area contributed by atoms with Crippen LogP contribution in [0.25, 0.3) is 21.9 Å². The third kappa shape index (κ3) is 3.76. The number of anilines is 1. The minimum atomic E-state index is -2.88. The fourth-order valence-corrected chi connectivity index (χ4v) is 3.96. The highest BCUT2D eigenvalue weighted by atomic mass is 32.2. The number of nitrogens with two attached hydrogens (primary N) is 1. The summed E-state index contributed by atoms with van der Waals surface area (Å²) in [6.45, 7) is 2.88. The molecule has 3 rings (SSSR count). The van der Waals surface area contributed by atoms with E-state index >= 15 is 0 Å². The molecule has 2 aromatic heterocycles. The van der Waals surface area contributed by atoms with Crippen LogP contribution in [0.15, 0.2) is 24.3 Å². The molecule has 0 aliphatic rings. The smallest absolute Gasteiger partial charge is 0.152 e. The van der Waals surface area contributed by atoms with Gasteiger partial charge in [-0.25, -0.2) is 18.4 Å². The number of aromatic nitrogens is 3. The van der Waals surface area contributed by atoms with Crippen LogP contribution in [0, 0.1) is 0 Å². The molecule has 3 aromatic rings. The number of unbranched alkanes of at least 4 members (excludes halogenated alkanes) is 2. The average Bonchev–Trinajstić information content (AvgIpc) is 2.93. The molecule has 0 fully saturated rings. The van der Waals surface area contributed by atoms with Crippen molar-refractivity contribution in [1.82, 2.24) is 14.5 Å². The Morgan fingerprint density at radius 1 is 1.12 bits per heavy atom. The van der Waals surface area contributed by atoms with Crippen molar-refractivity contribution in [3.05, 3.63) is 30.1 Å². The quantitative estimate of drug-likeness (QED) is 0.654. The van der Waals surface area contributed by atoms with Crippen molar-refractivity contribution in [3.8, 4) is 0 Å². The number of sulfone groups is 1. The van der Waals surface area contributed by atoms with E-state index in [1.54, 1.807) is 0 Å². The molecule has 0 atom stereocenters. The molecule has 0 aliphatic carbocycles. The standard InChI is InChI=1S/C18H24N4O2S/c1-3-15-21-16-17(13-9-5-6-10-14(13)20-18(16)19)22(15)11-7-4-8-12-25(2,23)24/h5-6,9-10H,3-4,7-8,11-12H2,1-2H3,(H2,19,20). The molecular weight excluding hydrogens is 336 g/mol. The molecule has 7 heteroatoms.